The van der Waals surface area contributed by atoms with E-state index in [9.17, 15) is 14.3 Å². The highest BCUT2D eigenvalue weighted by Crippen LogP contribution is 2.24. The molecule has 9 heteroatoms. The zero-order valence-corrected chi connectivity index (χ0v) is 17.8. The van der Waals surface area contributed by atoms with E-state index in [-0.39, 0.29) is 24.4 Å². The highest BCUT2D eigenvalue weighted by Gasteiger charge is 2.20. The number of guanidine groups is 1. The van der Waals surface area contributed by atoms with Crippen molar-refractivity contribution in [3.8, 4) is 0 Å². The zero-order chi connectivity index (χ0) is 21.4. The molecule has 1 aromatic carbocycles. The summed E-state index contributed by atoms with van der Waals surface area (Å²) in [7, 11) is 0. The number of aliphatic hydroxyl groups is 1. The van der Waals surface area contributed by atoms with E-state index in [1.807, 2.05) is 13.8 Å². The Kier molecular flexibility index (Phi) is 8.53. The fourth-order valence-electron chi connectivity index (χ4n) is 2.54. The normalized spacial score (nSPS) is 13.7. The Morgan fingerprint density at radius 3 is 2.66 bits per heavy atom. The number of thiazole rings is 1. The van der Waals surface area contributed by atoms with E-state index >= 15 is 0 Å². The minimum absolute atomic E-state index is 0.110. The van der Waals surface area contributed by atoms with Crippen molar-refractivity contribution >= 4 is 23.3 Å². The van der Waals surface area contributed by atoms with Crippen LogP contribution in [0, 0.1) is 12.7 Å². The molecule has 0 aliphatic carbocycles. The van der Waals surface area contributed by atoms with Crippen LogP contribution in [-0.4, -0.2) is 41.7 Å². The molecule has 0 bridgehead atoms. The number of aryl methyl sites for hydroxylation is 1. The number of hydrogen-bond donors (Lipinski definition) is 3. The summed E-state index contributed by atoms with van der Waals surface area (Å²) in [4.78, 5) is 21.4. The molecule has 0 fully saturated rings. The van der Waals surface area contributed by atoms with Crippen LogP contribution in [-0.2, 0) is 4.74 Å². The Morgan fingerprint density at radius 1 is 1.34 bits per heavy atom. The highest BCUT2D eigenvalue weighted by atomic mass is 32.1. The lowest BCUT2D eigenvalue weighted by atomic mass is 10.1. The second-order valence-electron chi connectivity index (χ2n) is 6.34. The number of nitrogens with zero attached hydrogens (tertiary/aromatic N) is 2. The van der Waals surface area contributed by atoms with Crippen molar-refractivity contribution in [1.29, 1.82) is 0 Å². The van der Waals surface area contributed by atoms with Crippen LogP contribution in [0.4, 0.5) is 4.39 Å². The van der Waals surface area contributed by atoms with E-state index in [4.69, 9.17) is 4.74 Å². The Bertz CT molecular complexity index is 839. The van der Waals surface area contributed by atoms with Gasteiger partial charge in [-0.2, -0.15) is 0 Å². The number of benzene rings is 1. The summed E-state index contributed by atoms with van der Waals surface area (Å²) in [6.07, 6.45) is -0.848. The van der Waals surface area contributed by atoms with Crippen molar-refractivity contribution in [1.82, 2.24) is 15.6 Å². The van der Waals surface area contributed by atoms with E-state index in [0.717, 1.165) is 5.01 Å². The van der Waals surface area contributed by atoms with Gasteiger partial charge in [0.2, 0.25) is 0 Å². The zero-order valence-electron chi connectivity index (χ0n) is 17.0. The first-order valence-electron chi connectivity index (χ1n) is 9.48. The third-order valence-electron chi connectivity index (χ3n) is 4.02. The number of esters is 1. The van der Waals surface area contributed by atoms with Crippen LogP contribution >= 0.6 is 11.3 Å². The maximum Gasteiger partial charge on any atom is 0.350 e. The summed E-state index contributed by atoms with van der Waals surface area (Å²) in [6.45, 7) is 8.44. The molecule has 0 aliphatic heterocycles. The molecule has 0 radical (unpaired) electrons. The molecule has 0 saturated heterocycles. The second kappa shape index (κ2) is 10.9. The number of aliphatic imine (C=N–C) groups is 1. The molecule has 3 N–H and O–H groups in total. The number of aliphatic hydroxyl groups excluding tert-OH is 1. The van der Waals surface area contributed by atoms with Gasteiger partial charge in [-0.1, -0.05) is 12.1 Å². The van der Waals surface area contributed by atoms with Gasteiger partial charge in [0, 0.05) is 6.54 Å². The Hall–Kier alpha value is -2.52. The number of carbonyl (C=O) groups excluding carboxylic acids is 1. The first-order valence-corrected chi connectivity index (χ1v) is 10.3. The molecular weight excluding hydrogens is 395 g/mol. The van der Waals surface area contributed by atoms with Gasteiger partial charge in [0.1, 0.15) is 15.7 Å². The van der Waals surface area contributed by atoms with Gasteiger partial charge < -0.3 is 20.5 Å². The van der Waals surface area contributed by atoms with E-state index in [2.05, 4.69) is 20.6 Å². The van der Waals surface area contributed by atoms with Gasteiger partial charge in [0.25, 0.3) is 0 Å². The molecule has 29 heavy (non-hydrogen) atoms. The van der Waals surface area contributed by atoms with Gasteiger partial charge in [0.15, 0.2) is 5.96 Å². The topological polar surface area (TPSA) is 95.8 Å². The van der Waals surface area contributed by atoms with Crippen LogP contribution in [0.1, 0.15) is 58.9 Å². The lowest BCUT2D eigenvalue weighted by Gasteiger charge is -2.17. The fourth-order valence-corrected chi connectivity index (χ4v) is 3.51. The van der Waals surface area contributed by atoms with Gasteiger partial charge in [-0.25, -0.2) is 14.2 Å². The van der Waals surface area contributed by atoms with Gasteiger partial charge in [0.05, 0.1) is 31.0 Å². The van der Waals surface area contributed by atoms with Gasteiger partial charge in [-0.05, 0) is 45.4 Å². The maximum absolute atomic E-state index is 13.0. The molecule has 1 aromatic heterocycles. The predicted molar refractivity (Wildman–Crippen MR) is 112 cm³/mol. The molecule has 2 rings (SSSR count). The average molecular weight is 423 g/mol. The minimum atomic E-state index is -0.848. The van der Waals surface area contributed by atoms with E-state index in [1.54, 1.807) is 13.8 Å². The Balaban J connectivity index is 2.07. The fraction of sp³-hybridized carbons (Fsp3) is 0.450. The van der Waals surface area contributed by atoms with Crippen molar-refractivity contribution in [2.24, 2.45) is 4.99 Å². The van der Waals surface area contributed by atoms with Crippen LogP contribution < -0.4 is 10.6 Å². The summed E-state index contributed by atoms with van der Waals surface area (Å²) in [5, 5.41) is 17.4. The number of halogens is 1. The monoisotopic (exact) mass is 422 g/mol. The maximum atomic E-state index is 13.0. The first kappa shape index (κ1) is 22.8. The summed E-state index contributed by atoms with van der Waals surface area (Å²) >= 11 is 1.28. The van der Waals surface area contributed by atoms with Crippen LogP contribution in [0.25, 0.3) is 0 Å². The molecule has 0 saturated carbocycles. The molecule has 0 amide bonds. The van der Waals surface area contributed by atoms with Gasteiger partial charge >= 0.3 is 5.97 Å². The van der Waals surface area contributed by atoms with Crippen molar-refractivity contribution in [3.63, 3.8) is 0 Å². The standard InChI is InChI=1S/C20H27FN4O3S/c1-5-22-20(23-11-16(26)14-7-9-15(21)10-8-14)25-13(4)18-24-12(3)17(29-18)19(27)28-6-2/h7-10,13,16,26H,5-6,11H2,1-4H3,(H2,22,23,25). The lowest BCUT2D eigenvalue weighted by molar-refractivity contribution is 0.0531. The number of aromatic nitrogens is 1. The molecule has 1 heterocycles. The molecular formula is C20H27FN4O3S. The first-order chi connectivity index (χ1) is 13.8. The molecule has 2 aromatic rings. The second-order valence-corrected chi connectivity index (χ2v) is 7.37. The number of hydrogen-bond acceptors (Lipinski definition) is 6. The Labute approximate surface area is 174 Å². The van der Waals surface area contributed by atoms with Crippen molar-refractivity contribution < 1.29 is 19.0 Å². The van der Waals surface area contributed by atoms with E-state index < -0.39 is 6.10 Å². The highest BCUT2D eigenvalue weighted by molar-refractivity contribution is 7.13. The number of rotatable bonds is 8. The molecule has 158 valence electrons. The summed E-state index contributed by atoms with van der Waals surface area (Å²) < 4.78 is 18.1. The van der Waals surface area contributed by atoms with Crippen LogP contribution in [0.15, 0.2) is 29.3 Å². The summed E-state index contributed by atoms with van der Waals surface area (Å²) in [6, 6.07) is 5.48. The van der Waals surface area contributed by atoms with Crippen molar-refractivity contribution in [3.05, 3.63) is 51.2 Å². The SMILES string of the molecule is CCNC(=NCC(O)c1ccc(F)cc1)NC(C)c1nc(C)c(C(=O)OCC)s1. The third kappa shape index (κ3) is 6.50. The van der Waals surface area contributed by atoms with Crippen molar-refractivity contribution in [2.75, 3.05) is 19.7 Å². The van der Waals surface area contributed by atoms with Crippen LogP contribution in [0.3, 0.4) is 0 Å². The van der Waals surface area contributed by atoms with E-state index in [1.165, 1.54) is 35.6 Å². The lowest BCUT2D eigenvalue weighted by Crippen LogP contribution is -2.39. The van der Waals surface area contributed by atoms with Crippen LogP contribution in [0.2, 0.25) is 0 Å². The molecule has 0 spiro atoms. The molecule has 0 aliphatic rings. The number of nitrogens with one attached hydrogen (secondary N) is 2. The molecule has 2 unspecified atom stereocenters. The number of carbonyl (C=O) groups is 1. The smallest absolute Gasteiger partial charge is 0.350 e. The van der Waals surface area contributed by atoms with Crippen molar-refractivity contribution in [2.45, 2.75) is 39.8 Å². The predicted octanol–water partition coefficient (Wildman–Crippen LogP) is 3.12. The summed E-state index contributed by atoms with van der Waals surface area (Å²) in [5.41, 5.74) is 1.22. The average Bonchev–Trinajstić information content (AvgIpc) is 3.08. The minimum Gasteiger partial charge on any atom is -0.462 e. The van der Waals surface area contributed by atoms with Crippen LogP contribution in [0.5, 0.6) is 0 Å². The largest absolute Gasteiger partial charge is 0.462 e. The Morgan fingerprint density at radius 2 is 2.03 bits per heavy atom. The molecule has 2 atom stereocenters. The third-order valence-corrected chi connectivity index (χ3v) is 5.34. The molecule has 7 nitrogen and oxygen atoms in total. The van der Waals surface area contributed by atoms with E-state index in [0.29, 0.717) is 35.2 Å². The summed E-state index contributed by atoms with van der Waals surface area (Å²) in [5.74, 6) is -0.218. The van der Waals surface area contributed by atoms with Gasteiger partial charge in [-0.15, -0.1) is 11.3 Å². The quantitative estimate of drug-likeness (QED) is 0.344. The number of ether oxygens (including phenoxy) is 1. The van der Waals surface area contributed by atoms with Gasteiger partial charge in [-0.3, -0.25) is 4.99 Å².